The molecule has 1 N–H and O–H groups in total. The van der Waals surface area contributed by atoms with Crippen molar-refractivity contribution in [2.45, 2.75) is 11.8 Å². The zero-order valence-corrected chi connectivity index (χ0v) is 22.8. The number of carbonyl (C=O) groups is 1. The van der Waals surface area contributed by atoms with Gasteiger partial charge in [0.2, 0.25) is 0 Å². The molecule has 0 spiro atoms. The number of fused-ring (bicyclic) bond motifs is 1. The summed E-state index contributed by atoms with van der Waals surface area (Å²) in [5.41, 5.74) is 5.89. The maximum Gasteiger partial charge on any atom is 0.257 e. The molecule has 1 amide bonds. The van der Waals surface area contributed by atoms with E-state index >= 15 is 0 Å². The number of rotatable bonds is 8. The van der Waals surface area contributed by atoms with Crippen molar-refractivity contribution in [3.05, 3.63) is 84.0 Å². The topological polar surface area (TPSA) is 76.7 Å². The van der Waals surface area contributed by atoms with E-state index in [2.05, 4.69) is 60.7 Å². The largest absolute Gasteiger partial charge is 0.487 e. The van der Waals surface area contributed by atoms with Gasteiger partial charge in [-0.1, -0.05) is 47.6 Å². The molecule has 168 valence electrons. The molecule has 10 heteroatoms. The molecular formula is C23H16ClI2N3O3S. The lowest BCUT2D eigenvalue weighted by atomic mass is 10.2. The van der Waals surface area contributed by atoms with Gasteiger partial charge in [0.1, 0.15) is 17.9 Å². The summed E-state index contributed by atoms with van der Waals surface area (Å²) in [5, 5.41) is 5.21. The van der Waals surface area contributed by atoms with Crippen molar-refractivity contribution in [2.24, 2.45) is 5.10 Å². The number of thioether (sulfide) groups is 1. The Labute approximate surface area is 226 Å². The third kappa shape index (κ3) is 6.84. The Kier molecular flexibility index (Phi) is 8.50. The van der Waals surface area contributed by atoms with E-state index in [9.17, 15) is 4.79 Å². The van der Waals surface area contributed by atoms with Crippen molar-refractivity contribution in [1.29, 1.82) is 0 Å². The third-order valence-corrected chi connectivity index (χ3v) is 7.00. The lowest BCUT2D eigenvalue weighted by Gasteiger charge is -2.11. The minimum absolute atomic E-state index is 0.150. The average Bonchev–Trinajstić information content (AvgIpc) is 3.21. The van der Waals surface area contributed by atoms with Crippen LogP contribution in [0.25, 0.3) is 11.1 Å². The highest BCUT2D eigenvalue weighted by Gasteiger charge is 2.10. The molecule has 0 saturated carbocycles. The molecule has 0 aliphatic carbocycles. The zero-order valence-electron chi connectivity index (χ0n) is 16.9. The second kappa shape index (κ2) is 11.5. The van der Waals surface area contributed by atoms with Gasteiger partial charge in [-0.2, -0.15) is 5.10 Å². The number of hydrazone groups is 1. The molecule has 1 heterocycles. The first-order chi connectivity index (χ1) is 16.0. The second-order valence-corrected chi connectivity index (χ2v) is 10.4. The van der Waals surface area contributed by atoms with E-state index < -0.39 is 0 Å². The van der Waals surface area contributed by atoms with Gasteiger partial charge in [0.15, 0.2) is 5.58 Å². The monoisotopic (exact) mass is 703 g/mol. The minimum atomic E-state index is -0.245. The number of aromatic nitrogens is 1. The Bertz CT molecular complexity index is 1260. The van der Waals surface area contributed by atoms with E-state index in [1.165, 1.54) is 11.8 Å². The Morgan fingerprint density at radius 3 is 2.61 bits per heavy atom. The Morgan fingerprint density at radius 1 is 1.15 bits per heavy atom. The van der Waals surface area contributed by atoms with Gasteiger partial charge >= 0.3 is 0 Å². The van der Waals surface area contributed by atoms with E-state index in [1.54, 1.807) is 6.21 Å². The number of benzene rings is 3. The van der Waals surface area contributed by atoms with Crippen molar-refractivity contribution in [3.8, 4) is 5.75 Å². The van der Waals surface area contributed by atoms with Crippen LogP contribution in [0.1, 0.15) is 11.1 Å². The highest BCUT2D eigenvalue weighted by molar-refractivity contribution is 14.1. The van der Waals surface area contributed by atoms with Crippen LogP contribution in [0, 0.1) is 7.14 Å². The first kappa shape index (κ1) is 24.3. The van der Waals surface area contributed by atoms with Crippen LogP contribution < -0.4 is 10.2 Å². The summed E-state index contributed by atoms with van der Waals surface area (Å²) in [6.07, 6.45) is 1.61. The van der Waals surface area contributed by atoms with Crippen LogP contribution in [0.5, 0.6) is 5.75 Å². The minimum Gasteiger partial charge on any atom is -0.487 e. The summed E-state index contributed by atoms with van der Waals surface area (Å²) in [7, 11) is 0. The number of oxazole rings is 1. The van der Waals surface area contributed by atoms with Gasteiger partial charge in [0.05, 0.1) is 19.1 Å². The molecule has 0 fully saturated rings. The molecule has 0 aliphatic heterocycles. The number of nitrogens with one attached hydrogen (secondary N) is 1. The van der Waals surface area contributed by atoms with Crippen molar-refractivity contribution >= 4 is 91.8 Å². The van der Waals surface area contributed by atoms with Crippen LogP contribution in [0.4, 0.5) is 0 Å². The van der Waals surface area contributed by atoms with Crippen LogP contribution in [-0.4, -0.2) is 22.9 Å². The number of amides is 1. The SMILES string of the molecule is O=C(CSc1nc2ccccc2o1)N/N=C\c1cc(I)c(OCc2ccc(Cl)cc2)c(I)c1. The van der Waals surface area contributed by atoms with E-state index in [0.29, 0.717) is 22.4 Å². The number of carbonyl (C=O) groups excluding carboxylic acids is 1. The summed E-state index contributed by atoms with van der Waals surface area (Å²) in [4.78, 5) is 16.4. The normalized spacial score (nSPS) is 11.2. The maximum atomic E-state index is 12.1. The number of halogens is 3. The first-order valence-electron chi connectivity index (χ1n) is 9.64. The lowest BCUT2D eigenvalue weighted by Crippen LogP contribution is -2.19. The highest BCUT2D eigenvalue weighted by Crippen LogP contribution is 2.29. The summed E-state index contributed by atoms with van der Waals surface area (Å²) < 4.78 is 13.5. The van der Waals surface area contributed by atoms with Crippen LogP contribution >= 0.6 is 68.5 Å². The molecule has 0 unspecified atom stereocenters. The quantitative estimate of drug-likeness (QED) is 0.0981. The Hall–Kier alpha value is -1.83. The van der Waals surface area contributed by atoms with Gasteiger partial charge in [-0.3, -0.25) is 4.79 Å². The molecule has 0 aliphatic rings. The molecule has 0 bridgehead atoms. The fourth-order valence-corrected chi connectivity index (χ4v) is 5.66. The number of ether oxygens (including phenoxy) is 1. The Morgan fingerprint density at radius 2 is 1.88 bits per heavy atom. The molecule has 1 aromatic heterocycles. The van der Waals surface area contributed by atoms with Crippen LogP contribution in [0.2, 0.25) is 5.02 Å². The van der Waals surface area contributed by atoms with Crippen LogP contribution in [0.3, 0.4) is 0 Å². The molecule has 33 heavy (non-hydrogen) atoms. The van der Waals surface area contributed by atoms with Crippen molar-refractivity contribution in [3.63, 3.8) is 0 Å². The van der Waals surface area contributed by atoms with Crippen molar-refractivity contribution in [2.75, 3.05) is 5.75 Å². The molecule has 4 aromatic rings. The van der Waals surface area contributed by atoms with Gasteiger partial charge in [-0.15, -0.1) is 0 Å². The van der Waals surface area contributed by atoms with E-state index in [1.807, 2.05) is 60.7 Å². The molecule has 6 nitrogen and oxygen atoms in total. The number of hydrogen-bond acceptors (Lipinski definition) is 6. The molecule has 4 rings (SSSR count). The van der Waals surface area contributed by atoms with Crippen LogP contribution in [-0.2, 0) is 11.4 Å². The van der Waals surface area contributed by atoms with E-state index in [-0.39, 0.29) is 11.7 Å². The van der Waals surface area contributed by atoms with Gasteiger partial charge in [-0.05, 0) is 92.7 Å². The zero-order chi connectivity index (χ0) is 23.2. The fraction of sp³-hybridized carbons (Fsp3) is 0.0870. The molecule has 0 radical (unpaired) electrons. The van der Waals surface area contributed by atoms with E-state index in [0.717, 1.165) is 29.5 Å². The van der Waals surface area contributed by atoms with Gasteiger partial charge in [0.25, 0.3) is 11.1 Å². The molecule has 0 atom stereocenters. The number of para-hydroxylation sites is 2. The van der Waals surface area contributed by atoms with Crippen molar-refractivity contribution in [1.82, 2.24) is 10.4 Å². The summed E-state index contributed by atoms with van der Waals surface area (Å²) >= 11 is 11.6. The number of hydrogen-bond donors (Lipinski definition) is 1. The lowest BCUT2D eigenvalue weighted by molar-refractivity contribution is -0.118. The first-order valence-corrected chi connectivity index (χ1v) is 13.2. The maximum absolute atomic E-state index is 12.1. The summed E-state index contributed by atoms with van der Waals surface area (Å²) in [6.45, 7) is 0.449. The smallest absolute Gasteiger partial charge is 0.257 e. The third-order valence-electron chi connectivity index (χ3n) is 4.32. The molecule has 3 aromatic carbocycles. The fourth-order valence-electron chi connectivity index (χ4n) is 2.78. The van der Waals surface area contributed by atoms with Crippen LogP contribution in [0.15, 0.2) is 75.4 Å². The number of nitrogens with zero attached hydrogens (tertiary/aromatic N) is 2. The standard InChI is InChI=1S/C23H16ClI2N3O3S/c24-16-7-5-14(6-8-16)12-31-22-17(25)9-15(10-18(22)26)11-27-29-21(30)13-33-23-28-19-3-1-2-4-20(19)32-23/h1-11H,12-13H2,(H,29,30)/b27-11-. The Balaban J connectivity index is 1.30. The molecular weight excluding hydrogens is 688 g/mol. The average molecular weight is 704 g/mol. The molecule has 0 saturated heterocycles. The highest BCUT2D eigenvalue weighted by atomic mass is 127. The van der Waals surface area contributed by atoms with E-state index in [4.69, 9.17) is 20.8 Å². The summed E-state index contributed by atoms with van der Waals surface area (Å²) in [6, 6.07) is 18.9. The van der Waals surface area contributed by atoms with Crippen molar-refractivity contribution < 1.29 is 13.9 Å². The predicted molar refractivity (Wildman–Crippen MR) is 148 cm³/mol. The second-order valence-electron chi connectivity index (χ2n) is 6.76. The van der Waals surface area contributed by atoms with Gasteiger partial charge in [-0.25, -0.2) is 10.4 Å². The van der Waals surface area contributed by atoms with Gasteiger partial charge in [0, 0.05) is 5.02 Å². The van der Waals surface area contributed by atoms with Gasteiger partial charge < -0.3 is 9.15 Å². The predicted octanol–water partition coefficient (Wildman–Crippen LogP) is 6.51. The summed E-state index contributed by atoms with van der Waals surface area (Å²) in [5.74, 6) is 0.712.